The molecule has 0 amide bonds. The SMILES string of the molecule is N#C/C(=C\c1ccc(-c2nc3ccccc3s2)o1)C(=O)c1cccs1. The fraction of sp³-hybridized carbons (Fsp3) is 0. The minimum atomic E-state index is -0.296. The Morgan fingerprint density at radius 1 is 1.16 bits per heavy atom. The zero-order chi connectivity index (χ0) is 17.2. The van der Waals surface area contributed by atoms with Crippen molar-refractivity contribution in [1.82, 2.24) is 4.98 Å². The van der Waals surface area contributed by atoms with E-state index >= 15 is 0 Å². The van der Waals surface area contributed by atoms with Crippen LogP contribution in [-0.4, -0.2) is 10.8 Å². The second-order valence-corrected chi connectivity index (χ2v) is 7.14. The van der Waals surface area contributed by atoms with E-state index in [9.17, 15) is 10.1 Å². The highest BCUT2D eigenvalue weighted by molar-refractivity contribution is 7.21. The van der Waals surface area contributed by atoms with Gasteiger partial charge in [0.05, 0.1) is 15.1 Å². The smallest absolute Gasteiger partial charge is 0.213 e. The number of carbonyl (C=O) groups is 1. The Balaban J connectivity index is 1.66. The number of rotatable bonds is 4. The van der Waals surface area contributed by atoms with Crippen LogP contribution in [0.25, 0.3) is 27.1 Å². The molecule has 120 valence electrons. The first-order valence-corrected chi connectivity index (χ1v) is 9.10. The van der Waals surface area contributed by atoms with Crippen LogP contribution >= 0.6 is 22.7 Å². The lowest BCUT2D eigenvalue weighted by molar-refractivity contribution is 0.104. The number of thiophene rings is 1. The average Bonchev–Trinajstić information content (AvgIpc) is 3.38. The molecule has 3 heterocycles. The molecule has 0 radical (unpaired) electrons. The Bertz CT molecular complexity index is 1090. The van der Waals surface area contributed by atoms with Crippen LogP contribution < -0.4 is 0 Å². The molecule has 0 fully saturated rings. The molecule has 3 aromatic heterocycles. The molecule has 0 spiro atoms. The number of furan rings is 1. The van der Waals surface area contributed by atoms with Crippen molar-refractivity contribution < 1.29 is 9.21 Å². The number of nitriles is 1. The third kappa shape index (κ3) is 3.03. The minimum absolute atomic E-state index is 0.0487. The molecule has 0 atom stereocenters. The van der Waals surface area contributed by atoms with Gasteiger partial charge in [-0.05, 0) is 35.7 Å². The summed E-state index contributed by atoms with van der Waals surface area (Å²) in [6.07, 6.45) is 1.47. The number of thiazole rings is 1. The van der Waals surface area contributed by atoms with Gasteiger partial charge < -0.3 is 4.42 Å². The zero-order valence-electron chi connectivity index (χ0n) is 12.8. The van der Waals surface area contributed by atoms with Gasteiger partial charge in [-0.2, -0.15) is 5.26 Å². The van der Waals surface area contributed by atoms with Crippen molar-refractivity contribution in [2.45, 2.75) is 0 Å². The highest BCUT2D eigenvalue weighted by atomic mass is 32.1. The Morgan fingerprint density at radius 2 is 2.04 bits per heavy atom. The van der Waals surface area contributed by atoms with Crippen LogP contribution in [-0.2, 0) is 0 Å². The van der Waals surface area contributed by atoms with Gasteiger partial charge in [-0.25, -0.2) is 4.98 Å². The monoisotopic (exact) mass is 362 g/mol. The molecular formula is C19H10N2O2S2. The lowest BCUT2D eigenvalue weighted by Crippen LogP contribution is -1.98. The molecule has 4 nitrogen and oxygen atoms in total. The number of carbonyl (C=O) groups excluding carboxylic acids is 1. The molecule has 0 bridgehead atoms. The summed E-state index contributed by atoms with van der Waals surface area (Å²) in [7, 11) is 0. The van der Waals surface area contributed by atoms with Gasteiger partial charge in [0.15, 0.2) is 10.8 Å². The zero-order valence-corrected chi connectivity index (χ0v) is 14.4. The number of hydrogen-bond donors (Lipinski definition) is 0. The Labute approximate surface area is 151 Å². The van der Waals surface area contributed by atoms with Crippen molar-refractivity contribution in [3.8, 4) is 16.8 Å². The summed E-state index contributed by atoms with van der Waals surface area (Å²) in [4.78, 5) is 17.4. The van der Waals surface area contributed by atoms with E-state index in [1.54, 1.807) is 29.6 Å². The lowest BCUT2D eigenvalue weighted by Gasteiger charge is -1.94. The van der Waals surface area contributed by atoms with Crippen LogP contribution in [0.5, 0.6) is 0 Å². The normalized spacial score (nSPS) is 11.6. The summed E-state index contributed by atoms with van der Waals surface area (Å²) >= 11 is 2.85. The largest absolute Gasteiger partial charge is 0.454 e. The first-order valence-electron chi connectivity index (χ1n) is 7.40. The number of nitrogens with zero attached hydrogens (tertiary/aromatic N) is 2. The number of Topliss-reactive ketones (excluding diaryl/α,β-unsaturated/α-hetero) is 1. The number of fused-ring (bicyclic) bond motifs is 1. The van der Waals surface area contributed by atoms with E-state index in [0.29, 0.717) is 16.4 Å². The molecule has 0 N–H and O–H groups in total. The lowest BCUT2D eigenvalue weighted by atomic mass is 10.1. The molecule has 1 aromatic carbocycles. The number of ketones is 1. The maximum atomic E-state index is 12.3. The Hall–Kier alpha value is -3.01. The Morgan fingerprint density at radius 3 is 2.80 bits per heavy atom. The maximum absolute atomic E-state index is 12.3. The molecule has 0 aliphatic carbocycles. The van der Waals surface area contributed by atoms with E-state index in [4.69, 9.17) is 4.42 Å². The van der Waals surface area contributed by atoms with Gasteiger partial charge in [-0.15, -0.1) is 22.7 Å². The fourth-order valence-electron chi connectivity index (χ4n) is 2.35. The highest BCUT2D eigenvalue weighted by Crippen LogP contribution is 2.31. The van der Waals surface area contributed by atoms with Crippen molar-refractivity contribution in [3.63, 3.8) is 0 Å². The van der Waals surface area contributed by atoms with Gasteiger partial charge in [0.1, 0.15) is 17.4 Å². The highest BCUT2D eigenvalue weighted by Gasteiger charge is 2.15. The molecule has 4 aromatic rings. The first-order chi connectivity index (χ1) is 12.2. The molecule has 6 heteroatoms. The van der Waals surface area contributed by atoms with E-state index in [2.05, 4.69) is 4.98 Å². The third-order valence-corrected chi connectivity index (χ3v) is 5.45. The van der Waals surface area contributed by atoms with Gasteiger partial charge in [-0.1, -0.05) is 18.2 Å². The van der Waals surface area contributed by atoms with Crippen LogP contribution in [0.2, 0.25) is 0 Å². The van der Waals surface area contributed by atoms with Gasteiger partial charge in [0.2, 0.25) is 5.78 Å². The van der Waals surface area contributed by atoms with Gasteiger partial charge in [-0.3, -0.25) is 4.79 Å². The van der Waals surface area contributed by atoms with Crippen LogP contribution in [0.15, 0.2) is 63.9 Å². The van der Waals surface area contributed by atoms with Crippen LogP contribution in [0.3, 0.4) is 0 Å². The van der Waals surface area contributed by atoms with Crippen LogP contribution in [0, 0.1) is 11.3 Å². The van der Waals surface area contributed by atoms with Crippen molar-refractivity contribution in [2.24, 2.45) is 0 Å². The summed E-state index contributed by atoms with van der Waals surface area (Å²) in [5.41, 5.74) is 0.967. The molecule has 0 saturated heterocycles. The van der Waals surface area contributed by atoms with E-state index in [1.807, 2.05) is 30.3 Å². The average molecular weight is 362 g/mol. The van der Waals surface area contributed by atoms with Gasteiger partial charge in [0.25, 0.3) is 0 Å². The molecule has 25 heavy (non-hydrogen) atoms. The molecule has 0 saturated carbocycles. The molecular weight excluding hydrogens is 352 g/mol. The van der Waals surface area contributed by atoms with E-state index < -0.39 is 0 Å². The number of benzene rings is 1. The minimum Gasteiger partial charge on any atom is -0.454 e. The quantitative estimate of drug-likeness (QED) is 0.277. The number of para-hydroxylation sites is 1. The summed E-state index contributed by atoms with van der Waals surface area (Å²) in [6, 6.07) is 16.8. The van der Waals surface area contributed by atoms with Gasteiger partial charge >= 0.3 is 0 Å². The molecule has 4 rings (SSSR count). The number of allylic oxidation sites excluding steroid dienone is 1. The first kappa shape index (κ1) is 15.5. The van der Waals surface area contributed by atoms with Crippen molar-refractivity contribution >= 4 is 44.7 Å². The van der Waals surface area contributed by atoms with Crippen LogP contribution in [0.1, 0.15) is 15.4 Å². The van der Waals surface area contributed by atoms with E-state index in [0.717, 1.165) is 15.2 Å². The Kier molecular flexibility index (Phi) is 4.02. The topological polar surface area (TPSA) is 66.9 Å². The van der Waals surface area contributed by atoms with Crippen molar-refractivity contribution in [3.05, 3.63) is 70.1 Å². The van der Waals surface area contributed by atoms with Crippen LogP contribution in [0.4, 0.5) is 0 Å². The maximum Gasteiger partial charge on any atom is 0.213 e. The van der Waals surface area contributed by atoms with E-state index in [1.165, 1.54) is 28.7 Å². The fourth-order valence-corrected chi connectivity index (χ4v) is 3.96. The predicted molar refractivity (Wildman–Crippen MR) is 99.6 cm³/mol. The predicted octanol–water partition coefficient (Wildman–Crippen LogP) is 5.41. The number of hydrogen-bond acceptors (Lipinski definition) is 6. The molecule has 0 aliphatic heterocycles. The number of aromatic nitrogens is 1. The summed E-state index contributed by atoms with van der Waals surface area (Å²) in [5.74, 6) is 0.777. The third-order valence-electron chi connectivity index (χ3n) is 3.53. The molecule has 0 unspecified atom stereocenters. The van der Waals surface area contributed by atoms with Crippen molar-refractivity contribution in [1.29, 1.82) is 5.26 Å². The molecule has 0 aliphatic rings. The summed E-state index contributed by atoms with van der Waals surface area (Å²) < 4.78 is 6.85. The second-order valence-electron chi connectivity index (χ2n) is 5.16. The standard InChI is InChI=1S/C19H10N2O2S2/c20-11-12(18(22)17-6-3-9-24-17)10-13-7-8-15(23-13)19-21-14-4-1-2-5-16(14)25-19/h1-10H/b12-10+. The summed E-state index contributed by atoms with van der Waals surface area (Å²) in [6.45, 7) is 0. The van der Waals surface area contributed by atoms with Gasteiger partial charge in [0, 0.05) is 6.08 Å². The van der Waals surface area contributed by atoms with E-state index in [-0.39, 0.29) is 11.4 Å². The second kappa shape index (κ2) is 6.48. The van der Waals surface area contributed by atoms with Crippen molar-refractivity contribution in [2.75, 3.05) is 0 Å². The summed E-state index contributed by atoms with van der Waals surface area (Å²) in [5, 5.41) is 11.9.